The van der Waals surface area contributed by atoms with E-state index in [1.165, 1.54) is 53.4 Å². The number of anilines is 1. The van der Waals surface area contributed by atoms with Gasteiger partial charge in [0.2, 0.25) is 10.0 Å². The predicted molar refractivity (Wildman–Crippen MR) is 174 cm³/mol. The molecule has 3 heterocycles. The number of nitrogens with one attached hydrogen (secondary N) is 3. The van der Waals surface area contributed by atoms with E-state index in [9.17, 15) is 34.8 Å². The topological polar surface area (TPSA) is 194 Å². The zero-order chi connectivity index (χ0) is 33.4. The molecule has 240 valence electrons. The van der Waals surface area contributed by atoms with Gasteiger partial charge in [0.15, 0.2) is 9.84 Å². The average Bonchev–Trinajstić information content (AvgIpc) is 3.24. The minimum Gasteiger partial charge on any atom is -0.331 e. The van der Waals surface area contributed by atoms with Crippen molar-refractivity contribution in [2.75, 3.05) is 17.2 Å². The zero-order valence-corrected chi connectivity index (χ0v) is 27.4. The maximum atomic E-state index is 14.1. The first-order chi connectivity index (χ1) is 21.5. The second kappa shape index (κ2) is 12.4. The van der Waals surface area contributed by atoms with Crippen LogP contribution in [0.1, 0.15) is 21.6 Å². The molecule has 0 saturated heterocycles. The van der Waals surface area contributed by atoms with Crippen molar-refractivity contribution in [2.24, 2.45) is 0 Å². The highest BCUT2D eigenvalue weighted by atomic mass is 35.5. The van der Waals surface area contributed by atoms with E-state index in [1.54, 1.807) is 24.3 Å². The summed E-state index contributed by atoms with van der Waals surface area (Å²) in [7, 11) is -11.7. The molecule has 0 fully saturated rings. The standard InChI is InChI=1S/C29H26ClN5O8S3/c1-44(38,39)17-19-5-3-6-21(13-19)46(42,43)34-29(37)27-26(22-7-4-11-32-28(22)36)23-15-20(30)8-9-24(23)35(27)16-18-10-12-31-25(14-18)33-45(2,40)41/h3-15H,16-17H2,1-2H3,(H,31,33)(H,32,36)(H,34,37). The Bertz CT molecular complexity index is 2400. The van der Waals surface area contributed by atoms with Gasteiger partial charge in [0.05, 0.1) is 16.9 Å². The number of rotatable bonds is 10. The molecule has 46 heavy (non-hydrogen) atoms. The molecule has 1 amide bonds. The fraction of sp³-hybridized carbons (Fsp3) is 0.138. The van der Waals surface area contributed by atoms with Crippen LogP contribution in [0.2, 0.25) is 5.02 Å². The van der Waals surface area contributed by atoms with Crippen molar-refractivity contribution < 1.29 is 30.0 Å². The van der Waals surface area contributed by atoms with Gasteiger partial charge in [0.1, 0.15) is 11.5 Å². The number of carbonyl (C=O) groups is 1. The molecule has 5 aromatic rings. The van der Waals surface area contributed by atoms with Crippen LogP contribution in [0.15, 0.2) is 88.8 Å². The first kappa shape index (κ1) is 32.9. The normalized spacial score (nSPS) is 12.2. The van der Waals surface area contributed by atoms with Crippen LogP contribution in [0.5, 0.6) is 0 Å². The summed E-state index contributed by atoms with van der Waals surface area (Å²) in [5.74, 6) is -1.49. The molecular weight excluding hydrogens is 678 g/mol. The van der Waals surface area contributed by atoms with Gasteiger partial charge in [-0.2, -0.15) is 0 Å². The largest absolute Gasteiger partial charge is 0.331 e. The Labute approximate surface area is 269 Å². The second-order valence-electron chi connectivity index (χ2n) is 10.5. The van der Waals surface area contributed by atoms with Crippen LogP contribution in [0.25, 0.3) is 22.0 Å². The number of benzene rings is 2. The van der Waals surface area contributed by atoms with Gasteiger partial charge in [-0.15, -0.1) is 0 Å². The van der Waals surface area contributed by atoms with Crippen molar-refractivity contribution in [2.45, 2.75) is 17.2 Å². The molecule has 0 saturated carbocycles. The first-order valence-corrected chi connectivity index (χ1v) is 19.1. The molecule has 13 nitrogen and oxygen atoms in total. The van der Waals surface area contributed by atoms with Gasteiger partial charge < -0.3 is 9.55 Å². The van der Waals surface area contributed by atoms with Gasteiger partial charge >= 0.3 is 0 Å². The summed E-state index contributed by atoms with van der Waals surface area (Å²) in [6.45, 7) is -0.0868. The highest BCUT2D eigenvalue weighted by Gasteiger charge is 2.29. The third-order valence-corrected chi connectivity index (χ3v) is 9.65. The van der Waals surface area contributed by atoms with Crippen molar-refractivity contribution in [3.63, 3.8) is 0 Å². The highest BCUT2D eigenvalue weighted by Crippen LogP contribution is 2.36. The lowest BCUT2D eigenvalue weighted by Crippen LogP contribution is -2.33. The summed E-state index contributed by atoms with van der Waals surface area (Å²) >= 11 is 6.34. The molecule has 5 rings (SSSR count). The van der Waals surface area contributed by atoms with E-state index in [4.69, 9.17) is 11.6 Å². The van der Waals surface area contributed by atoms with E-state index < -0.39 is 47.1 Å². The Kier molecular flexibility index (Phi) is 8.83. The van der Waals surface area contributed by atoms with Crippen molar-refractivity contribution >= 4 is 64.1 Å². The van der Waals surface area contributed by atoms with Crippen LogP contribution >= 0.6 is 11.6 Å². The molecular formula is C29H26ClN5O8S3. The quantitative estimate of drug-likeness (QED) is 0.196. The van der Waals surface area contributed by atoms with E-state index >= 15 is 0 Å². The summed E-state index contributed by atoms with van der Waals surface area (Å²) in [5, 5.41) is 0.648. The second-order valence-corrected chi connectivity index (χ2v) is 16.5. The maximum Gasteiger partial charge on any atom is 0.282 e. The number of sulfone groups is 1. The third-order valence-electron chi connectivity index (χ3n) is 6.65. The number of H-pyrrole nitrogens is 1. The summed E-state index contributed by atoms with van der Waals surface area (Å²) in [5.41, 5.74) is 0.479. The molecule has 0 radical (unpaired) electrons. The maximum absolute atomic E-state index is 14.1. The first-order valence-electron chi connectivity index (χ1n) is 13.3. The minimum atomic E-state index is -4.56. The Morgan fingerprint density at radius 3 is 2.39 bits per heavy atom. The van der Waals surface area contributed by atoms with Crippen LogP contribution < -0.4 is 15.0 Å². The molecule has 0 bridgehead atoms. The van der Waals surface area contributed by atoms with Crippen LogP contribution in [0, 0.1) is 0 Å². The molecule has 0 aliphatic rings. The molecule has 2 aromatic carbocycles. The van der Waals surface area contributed by atoms with Crippen LogP contribution in [0.4, 0.5) is 5.82 Å². The van der Waals surface area contributed by atoms with Crippen molar-refractivity contribution in [3.05, 3.63) is 111 Å². The van der Waals surface area contributed by atoms with E-state index in [0.717, 1.165) is 18.6 Å². The Morgan fingerprint density at radius 1 is 0.935 bits per heavy atom. The van der Waals surface area contributed by atoms with Gasteiger partial charge in [-0.25, -0.2) is 35.0 Å². The number of amides is 1. The number of fused-ring (bicyclic) bond motifs is 1. The molecule has 0 spiro atoms. The number of sulfonamides is 2. The van der Waals surface area contributed by atoms with Gasteiger partial charge in [0.25, 0.3) is 21.5 Å². The summed E-state index contributed by atoms with van der Waals surface area (Å²) in [6, 6.07) is 15.9. The molecule has 0 atom stereocenters. The summed E-state index contributed by atoms with van der Waals surface area (Å²) in [6.07, 6.45) is 4.74. The van der Waals surface area contributed by atoms with Crippen LogP contribution in [-0.2, 0) is 42.2 Å². The number of halogens is 1. The zero-order valence-electron chi connectivity index (χ0n) is 24.2. The highest BCUT2D eigenvalue weighted by molar-refractivity contribution is 7.92. The monoisotopic (exact) mass is 703 g/mol. The molecule has 17 heteroatoms. The lowest BCUT2D eigenvalue weighted by molar-refractivity contribution is 0.0974. The Balaban J connectivity index is 1.70. The van der Waals surface area contributed by atoms with Gasteiger partial charge in [-0.05, 0) is 65.7 Å². The molecule has 0 aliphatic carbocycles. The Morgan fingerprint density at radius 2 is 1.70 bits per heavy atom. The number of pyridine rings is 2. The van der Waals surface area contributed by atoms with E-state index in [0.29, 0.717) is 16.5 Å². The number of hydrogen-bond acceptors (Lipinski definition) is 9. The van der Waals surface area contributed by atoms with Crippen molar-refractivity contribution in [1.29, 1.82) is 0 Å². The molecule has 3 N–H and O–H groups in total. The lowest BCUT2D eigenvalue weighted by Gasteiger charge is -2.14. The third kappa shape index (κ3) is 7.47. The van der Waals surface area contributed by atoms with Gasteiger partial charge in [-0.1, -0.05) is 23.7 Å². The van der Waals surface area contributed by atoms with E-state index in [2.05, 4.69) is 19.4 Å². The summed E-state index contributed by atoms with van der Waals surface area (Å²) in [4.78, 5) is 33.4. The number of aromatic nitrogens is 3. The van der Waals surface area contributed by atoms with Crippen molar-refractivity contribution in [1.82, 2.24) is 19.3 Å². The SMILES string of the molecule is CS(=O)(=O)Cc1cccc(S(=O)(=O)NC(=O)c2c(-c3ccc[nH]c3=O)c3cc(Cl)ccc3n2Cc2ccnc(NS(C)(=O)=O)c2)c1. The lowest BCUT2D eigenvalue weighted by atomic mass is 10.0. The average molecular weight is 704 g/mol. The van der Waals surface area contributed by atoms with Crippen LogP contribution in [-0.4, -0.2) is 58.2 Å². The Hall–Kier alpha value is -4.51. The predicted octanol–water partition coefficient (Wildman–Crippen LogP) is 3.13. The fourth-order valence-electron chi connectivity index (χ4n) is 4.95. The van der Waals surface area contributed by atoms with E-state index in [1.807, 2.05) is 0 Å². The number of nitrogens with zero attached hydrogens (tertiary/aromatic N) is 2. The number of hydrogen-bond donors (Lipinski definition) is 3. The molecule has 0 unspecified atom stereocenters. The number of aromatic amines is 1. The summed E-state index contributed by atoms with van der Waals surface area (Å²) < 4.78 is 80.1. The smallest absolute Gasteiger partial charge is 0.282 e. The van der Waals surface area contributed by atoms with E-state index in [-0.39, 0.29) is 44.7 Å². The number of carbonyl (C=O) groups excluding carboxylic acids is 1. The molecule has 3 aromatic heterocycles. The fourth-order valence-corrected chi connectivity index (χ4v) is 7.43. The van der Waals surface area contributed by atoms with Gasteiger partial charge in [-0.3, -0.25) is 14.3 Å². The minimum absolute atomic E-state index is 0.0155. The van der Waals surface area contributed by atoms with Crippen LogP contribution in [0.3, 0.4) is 0 Å². The van der Waals surface area contributed by atoms with Crippen molar-refractivity contribution in [3.8, 4) is 11.1 Å². The molecule has 0 aliphatic heterocycles. The van der Waals surface area contributed by atoms with Gasteiger partial charge in [0, 0.05) is 52.2 Å².